The number of likely N-dealkylation sites (tertiary alicyclic amines) is 1. The lowest BCUT2D eigenvalue weighted by molar-refractivity contribution is -0.143. The summed E-state index contributed by atoms with van der Waals surface area (Å²) in [5, 5.41) is 3.93. The van der Waals surface area contributed by atoms with Gasteiger partial charge in [0.15, 0.2) is 0 Å². The van der Waals surface area contributed by atoms with Gasteiger partial charge < -0.3 is 10.3 Å². The molecule has 2 aromatic rings. The third-order valence-corrected chi connectivity index (χ3v) is 10.9. The van der Waals surface area contributed by atoms with E-state index in [4.69, 9.17) is 0 Å². The van der Waals surface area contributed by atoms with Crippen molar-refractivity contribution >= 4 is 46.5 Å². The van der Waals surface area contributed by atoms with Gasteiger partial charge in [-0.3, -0.25) is 24.1 Å². The minimum atomic E-state index is -0.360. The highest BCUT2D eigenvalue weighted by molar-refractivity contribution is 8.00. The number of benzene rings is 1. The van der Waals surface area contributed by atoms with Crippen molar-refractivity contribution in [2.45, 2.75) is 42.9 Å². The topological polar surface area (TPSA) is 99.3 Å². The monoisotopic (exact) mass is 483 g/mol. The van der Waals surface area contributed by atoms with Gasteiger partial charge in [0.25, 0.3) is 0 Å². The van der Waals surface area contributed by atoms with Gasteiger partial charge in [0.1, 0.15) is 6.54 Å². The van der Waals surface area contributed by atoms with Crippen molar-refractivity contribution in [3.05, 3.63) is 44.4 Å². The number of anilines is 1. The summed E-state index contributed by atoms with van der Waals surface area (Å²) in [5.74, 6) is -1.07. The van der Waals surface area contributed by atoms with Crippen molar-refractivity contribution in [2.75, 3.05) is 11.9 Å². The first-order chi connectivity index (χ1) is 15.7. The van der Waals surface area contributed by atoms with E-state index in [0.29, 0.717) is 5.69 Å². The van der Waals surface area contributed by atoms with E-state index in [0.717, 1.165) is 21.9 Å². The number of imide groups is 1. The fourth-order valence-electron chi connectivity index (χ4n) is 6.94. The van der Waals surface area contributed by atoms with Gasteiger partial charge in [-0.1, -0.05) is 37.3 Å². The minimum Gasteiger partial charge on any atom is -0.325 e. The lowest BCUT2D eigenvalue weighted by Gasteiger charge is -2.47. The van der Waals surface area contributed by atoms with Gasteiger partial charge in [0, 0.05) is 21.2 Å². The molecule has 1 saturated heterocycles. The molecule has 172 valence electrons. The van der Waals surface area contributed by atoms with E-state index in [1.165, 1.54) is 16.2 Å². The van der Waals surface area contributed by atoms with E-state index in [1.807, 2.05) is 25.1 Å². The average Bonchev–Trinajstić information content (AvgIpc) is 3.46. The number of aromatic nitrogens is 1. The summed E-state index contributed by atoms with van der Waals surface area (Å²) >= 11 is 2.94. The maximum atomic E-state index is 13.4. The number of fused-ring (bicyclic) bond motifs is 9. The smallest absolute Gasteiger partial charge is 0.305 e. The molecule has 1 aromatic heterocycles. The molecule has 0 unspecified atom stereocenters. The molecule has 2 N–H and O–H groups in total. The Morgan fingerprint density at radius 2 is 1.91 bits per heavy atom. The largest absolute Gasteiger partial charge is 0.325 e. The van der Waals surface area contributed by atoms with Crippen LogP contribution in [0, 0.1) is 36.5 Å². The molecule has 2 bridgehead atoms. The number of amides is 3. The Kier molecular flexibility index (Phi) is 4.52. The number of nitrogens with one attached hydrogen (secondary N) is 2. The van der Waals surface area contributed by atoms with Crippen molar-refractivity contribution in [1.29, 1.82) is 0 Å². The summed E-state index contributed by atoms with van der Waals surface area (Å²) in [6, 6.07) is 7.44. The number of thioether (sulfide) groups is 1. The zero-order valence-electron chi connectivity index (χ0n) is 18.6. The first-order valence-electron chi connectivity index (χ1n) is 11.3. The molecule has 1 aromatic carbocycles. The molecule has 2 aliphatic carbocycles. The molecule has 3 heterocycles. The van der Waals surface area contributed by atoms with E-state index in [-0.39, 0.29) is 69.4 Å². The summed E-state index contributed by atoms with van der Waals surface area (Å²) in [7, 11) is 0. The van der Waals surface area contributed by atoms with Crippen LogP contribution in [0.2, 0.25) is 0 Å². The SMILES string of the molecule is Cc1cccc(NC(=O)CN2C(=O)[C@H]3[C@@H]4C[C@H]([C@@H]3C2=O)[C@@H]2[C@@H]4Sc3[nH]c(=O)sc3C2(C)C)c1. The Labute approximate surface area is 199 Å². The predicted octanol–water partition coefficient (Wildman–Crippen LogP) is 3.00. The van der Waals surface area contributed by atoms with Gasteiger partial charge in [0.2, 0.25) is 17.7 Å². The summed E-state index contributed by atoms with van der Waals surface area (Å²) in [5.41, 5.74) is 1.44. The number of hydrogen-bond donors (Lipinski definition) is 2. The molecule has 3 amide bonds. The van der Waals surface area contributed by atoms with Crippen molar-refractivity contribution < 1.29 is 14.4 Å². The summed E-state index contributed by atoms with van der Waals surface area (Å²) in [6.07, 6.45) is 0.862. The minimum absolute atomic E-state index is 0.0500. The lowest BCUT2D eigenvalue weighted by Crippen LogP contribution is -2.48. The van der Waals surface area contributed by atoms with Crippen LogP contribution in [0.25, 0.3) is 0 Å². The summed E-state index contributed by atoms with van der Waals surface area (Å²) < 4.78 is 0. The Morgan fingerprint density at radius 1 is 1.18 bits per heavy atom. The van der Waals surface area contributed by atoms with Gasteiger partial charge in [-0.2, -0.15) is 0 Å². The number of nitrogens with zero attached hydrogens (tertiary/aromatic N) is 1. The first kappa shape index (κ1) is 21.2. The Bertz CT molecular complexity index is 1260. The molecular formula is C24H25N3O4S2. The molecule has 4 aliphatic rings. The molecule has 2 aliphatic heterocycles. The van der Waals surface area contributed by atoms with E-state index in [2.05, 4.69) is 24.1 Å². The second kappa shape index (κ2) is 7.06. The van der Waals surface area contributed by atoms with Crippen LogP contribution in [0.1, 0.15) is 30.7 Å². The molecule has 7 nitrogen and oxygen atoms in total. The number of carbonyl (C=O) groups excluding carboxylic acids is 3. The number of rotatable bonds is 3. The average molecular weight is 484 g/mol. The van der Waals surface area contributed by atoms with Crippen molar-refractivity contribution in [2.24, 2.45) is 29.6 Å². The zero-order valence-corrected chi connectivity index (χ0v) is 20.2. The van der Waals surface area contributed by atoms with Crippen molar-refractivity contribution in [3.63, 3.8) is 0 Å². The maximum Gasteiger partial charge on any atom is 0.305 e. The standard InChI is InChI=1S/C24H25N3O4S2/c1-10-5-4-6-11(7-10)25-14(28)9-27-21(29)15-12-8-13(16(15)22(27)30)18-17(12)24(2,3)19-20(32-18)26-23(31)33-19/h4-7,12-13,15-18H,8-9H2,1-3H3,(H,25,28)(H,26,31)/t12-,13+,15+,16+,17-,18-/m1/s1. The summed E-state index contributed by atoms with van der Waals surface area (Å²) in [6.45, 7) is 6.02. The number of thiazole rings is 1. The number of aromatic amines is 1. The van der Waals surface area contributed by atoms with Gasteiger partial charge >= 0.3 is 4.87 Å². The maximum absolute atomic E-state index is 13.4. The van der Waals surface area contributed by atoms with Gasteiger partial charge in [-0.25, -0.2) is 0 Å². The van der Waals surface area contributed by atoms with Crippen LogP contribution in [0.4, 0.5) is 5.69 Å². The zero-order chi connectivity index (χ0) is 23.2. The van der Waals surface area contributed by atoms with Crippen LogP contribution in [0.15, 0.2) is 34.1 Å². The number of hydrogen-bond acceptors (Lipinski definition) is 6. The van der Waals surface area contributed by atoms with Crippen LogP contribution >= 0.6 is 23.1 Å². The van der Waals surface area contributed by atoms with Crippen LogP contribution in [0.5, 0.6) is 0 Å². The molecule has 6 atom stereocenters. The Morgan fingerprint density at radius 3 is 2.64 bits per heavy atom. The van der Waals surface area contributed by atoms with Crippen LogP contribution < -0.4 is 10.2 Å². The Hall–Kier alpha value is -2.39. The quantitative estimate of drug-likeness (QED) is 0.654. The molecule has 2 saturated carbocycles. The number of aryl methyl sites for hydroxylation is 1. The third kappa shape index (κ3) is 2.94. The molecule has 33 heavy (non-hydrogen) atoms. The Balaban J connectivity index is 1.26. The van der Waals surface area contributed by atoms with Crippen molar-refractivity contribution in [3.8, 4) is 0 Å². The number of carbonyl (C=O) groups is 3. The second-order valence-corrected chi connectivity index (χ2v) is 12.5. The third-order valence-electron chi connectivity index (χ3n) is 8.09. The highest BCUT2D eigenvalue weighted by Gasteiger charge is 2.70. The molecule has 0 spiro atoms. The van der Waals surface area contributed by atoms with Crippen LogP contribution in [-0.4, -0.2) is 39.4 Å². The van der Waals surface area contributed by atoms with E-state index >= 15 is 0 Å². The molecule has 6 rings (SSSR count). The number of H-pyrrole nitrogens is 1. The highest BCUT2D eigenvalue weighted by atomic mass is 32.2. The van der Waals surface area contributed by atoms with Crippen molar-refractivity contribution in [1.82, 2.24) is 9.88 Å². The van der Waals surface area contributed by atoms with E-state index < -0.39 is 0 Å². The highest BCUT2D eigenvalue weighted by Crippen LogP contribution is 2.68. The van der Waals surface area contributed by atoms with Gasteiger partial charge in [0.05, 0.1) is 16.9 Å². The second-order valence-electron chi connectivity index (χ2n) is 10.3. The van der Waals surface area contributed by atoms with Gasteiger partial charge in [-0.15, -0.1) is 11.8 Å². The van der Waals surface area contributed by atoms with E-state index in [9.17, 15) is 19.2 Å². The van der Waals surface area contributed by atoms with Crippen LogP contribution in [0.3, 0.4) is 0 Å². The molecule has 0 radical (unpaired) electrons. The molecule has 3 fully saturated rings. The predicted molar refractivity (Wildman–Crippen MR) is 126 cm³/mol. The first-order valence-corrected chi connectivity index (χ1v) is 13.0. The fourth-order valence-corrected chi connectivity index (χ4v) is 10.1. The fraction of sp³-hybridized carbons (Fsp3) is 0.500. The molecule has 9 heteroatoms. The van der Waals surface area contributed by atoms with Crippen LogP contribution in [-0.2, 0) is 19.8 Å². The lowest BCUT2D eigenvalue weighted by atomic mass is 9.64. The van der Waals surface area contributed by atoms with E-state index in [1.54, 1.807) is 17.8 Å². The summed E-state index contributed by atoms with van der Waals surface area (Å²) in [4.78, 5) is 56.7. The normalized spacial score (nSPS) is 33.1. The molecular weight excluding hydrogens is 458 g/mol. The van der Waals surface area contributed by atoms with Gasteiger partial charge in [-0.05, 0) is 48.8 Å².